The number of rotatable bonds is 4. The predicted molar refractivity (Wildman–Crippen MR) is 53.1 cm³/mol. The third-order valence-corrected chi connectivity index (χ3v) is 1.89. The minimum atomic E-state index is 0.285. The topological polar surface area (TPSA) is 66.0 Å². The van der Waals surface area contributed by atoms with Gasteiger partial charge in [-0.2, -0.15) is 10.5 Å². The van der Waals surface area contributed by atoms with E-state index in [0.29, 0.717) is 13.0 Å². The highest BCUT2D eigenvalue weighted by Gasteiger charge is 2.01. The summed E-state index contributed by atoms with van der Waals surface area (Å²) in [6.45, 7) is 0.594. The summed E-state index contributed by atoms with van der Waals surface area (Å²) in [6, 6.07) is 0. The van der Waals surface area contributed by atoms with Gasteiger partial charge in [0.05, 0.1) is 0 Å². The molecule has 0 spiro atoms. The molecule has 0 aromatic rings. The maximum Gasteiger partial charge on any atom is 0.286 e. The predicted octanol–water partition coefficient (Wildman–Crippen LogP) is 1.79. The fourth-order valence-electron chi connectivity index (χ4n) is 1.16. The van der Waals surface area contributed by atoms with Gasteiger partial charge in [0.2, 0.25) is 0 Å². The van der Waals surface area contributed by atoms with Crippen LogP contribution >= 0.6 is 0 Å². The quantitative estimate of drug-likeness (QED) is 0.652. The van der Waals surface area contributed by atoms with Crippen molar-refractivity contribution in [3.05, 3.63) is 35.5 Å². The number of nitrogens with zero attached hydrogens (tertiary/aromatic N) is 2. The highest BCUT2D eigenvalue weighted by molar-refractivity contribution is 5.30. The van der Waals surface area contributed by atoms with Gasteiger partial charge in [-0.05, 0) is 17.6 Å². The van der Waals surface area contributed by atoms with Gasteiger partial charge in [0.15, 0.2) is 0 Å². The number of nitriles is 2. The molecule has 1 aliphatic carbocycles. The summed E-state index contributed by atoms with van der Waals surface area (Å²) in [4.78, 5) is 0. The van der Waals surface area contributed by atoms with Crippen LogP contribution in [0.2, 0.25) is 0 Å². The fourth-order valence-corrected chi connectivity index (χ4v) is 1.16. The molecular formula is C11H10N2O2. The van der Waals surface area contributed by atoms with Crippen molar-refractivity contribution in [2.45, 2.75) is 6.42 Å². The third kappa shape index (κ3) is 4.02. The van der Waals surface area contributed by atoms with E-state index >= 15 is 0 Å². The van der Waals surface area contributed by atoms with Crippen LogP contribution in [0.3, 0.4) is 0 Å². The van der Waals surface area contributed by atoms with E-state index in [0.717, 1.165) is 11.1 Å². The van der Waals surface area contributed by atoms with Gasteiger partial charge in [-0.25, -0.2) is 0 Å². The van der Waals surface area contributed by atoms with Gasteiger partial charge >= 0.3 is 0 Å². The Labute approximate surface area is 88.3 Å². The molecule has 0 unspecified atom stereocenters. The maximum absolute atomic E-state index is 8.25. The van der Waals surface area contributed by atoms with Crippen LogP contribution in [0.25, 0.3) is 0 Å². The van der Waals surface area contributed by atoms with Crippen LogP contribution in [0.15, 0.2) is 35.5 Å². The Bertz CT molecular complexity index is 380. The van der Waals surface area contributed by atoms with Crippen molar-refractivity contribution in [3.8, 4) is 12.5 Å². The lowest BCUT2D eigenvalue weighted by Crippen LogP contribution is -1.93. The van der Waals surface area contributed by atoms with Crippen molar-refractivity contribution >= 4 is 0 Å². The molecular weight excluding hydrogens is 192 g/mol. The van der Waals surface area contributed by atoms with Gasteiger partial charge in [0.1, 0.15) is 13.2 Å². The molecule has 0 aromatic carbocycles. The van der Waals surface area contributed by atoms with E-state index in [4.69, 9.17) is 10.5 Å². The van der Waals surface area contributed by atoms with Gasteiger partial charge in [-0.3, -0.25) is 0 Å². The second-order valence-corrected chi connectivity index (χ2v) is 2.93. The molecule has 4 nitrogen and oxygen atoms in total. The first-order valence-corrected chi connectivity index (χ1v) is 4.43. The first-order chi connectivity index (χ1) is 7.36. The van der Waals surface area contributed by atoms with E-state index in [-0.39, 0.29) is 6.61 Å². The molecule has 0 saturated carbocycles. The average Bonchev–Trinajstić information content (AvgIpc) is 2.49. The van der Waals surface area contributed by atoms with Gasteiger partial charge in [-0.15, -0.1) is 0 Å². The highest BCUT2D eigenvalue weighted by atomic mass is 16.5. The van der Waals surface area contributed by atoms with Crippen LogP contribution in [0.1, 0.15) is 6.42 Å². The van der Waals surface area contributed by atoms with Crippen LogP contribution in [-0.4, -0.2) is 13.2 Å². The minimum Gasteiger partial charge on any atom is -0.423 e. The largest absolute Gasteiger partial charge is 0.423 e. The molecule has 1 aliphatic rings. The first kappa shape index (κ1) is 10.9. The Balaban J connectivity index is 2.49. The second kappa shape index (κ2) is 6.28. The average molecular weight is 202 g/mol. The smallest absolute Gasteiger partial charge is 0.286 e. The van der Waals surface area contributed by atoms with E-state index in [2.05, 4.69) is 9.47 Å². The molecule has 0 radical (unpaired) electrons. The fraction of sp³-hybridized carbons (Fsp3) is 0.273. The Morgan fingerprint density at radius 3 is 2.67 bits per heavy atom. The summed E-state index contributed by atoms with van der Waals surface area (Å²) in [5.74, 6) is 0. The van der Waals surface area contributed by atoms with Crippen LogP contribution < -0.4 is 0 Å². The summed E-state index contributed by atoms with van der Waals surface area (Å²) in [5, 5.41) is 16.5. The number of allylic oxidation sites excluding steroid dienone is 3. The minimum absolute atomic E-state index is 0.285. The highest BCUT2D eigenvalue weighted by Crippen LogP contribution is 2.12. The van der Waals surface area contributed by atoms with Crippen molar-refractivity contribution in [1.82, 2.24) is 0 Å². The van der Waals surface area contributed by atoms with Crippen molar-refractivity contribution in [2.24, 2.45) is 0 Å². The Morgan fingerprint density at radius 1 is 1.20 bits per heavy atom. The maximum atomic E-state index is 8.25. The molecule has 0 bridgehead atoms. The first-order valence-electron chi connectivity index (χ1n) is 4.43. The molecule has 4 heteroatoms. The van der Waals surface area contributed by atoms with Gasteiger partial charge in [0.25, 0.3) is 12.5 Å². The zero-order valence-corrected chi connectivity index (χ0v) is 8.14. The molecule has 0 fully saturated rings. The Hall–Kier alpha value is -2.20. The van der Waals surface area contributed by atoms with Crippen molar-refractivity contribution in [3.63, 3.8) is 0 Å². The zero-order chi connectivity index (χ0) is 10.9. The molecule has 76 valence electrons. The van der Waals surface area contributed by atoms with Gasteiger partial charge in [0, 0.05) is 0 Å². The third-order valence-electron chi connectivity index (χ3n) is 1.89. The summed E-state index contributed by atoms with van der Waals surface area (Å²) in [6.07, 6.45) is 11.5. The van der Waals surface area contributed by atoms with Crippen LogP contribution in [0.5, 0.6) is 0 Å². The van der Waals surface area contributed by atoms with E-state index in [1.54, 1.807) is 12.5 Å². The molecule has 0 saturated heterocycles. The molecule has 0 amide bonds. The molecule has 15 heavy (non-hydrogen) atoms. The van der Waals surface area contributed by atoms with E-state index in [1.165, 1.54) is 0 Å². The lowest BCUT2D eigenvalue weighted by molar-refractivity contribution is 0.299. The molecule has 0 N–H and O–H groups in total. The standard InChI is InChI=1S/C11H10N2O2/c12-8-14-6-10-2-1-3-11(5-4-10)7-15-9-13/h1-4H,5-7H2. The Kier molecular flexibility index (Phi) is 4.56. The summed E-state index contributed by atoms with van der Waals surface area (Å²) in [7, 11) is 0. The molecule has 0 atom stereocenters. The van der Waals surface area contributed by atoms with Crippen LogP contribution in [-0.2, 0) is 9.47 Å². The number of hydrogen-bond donors (Lipinski definition) is 0. The van der Waals surface area contributed by atoms with Gasteiger partial charge in [-0.1, -0.05) is 24.3 Å². The SMILES string of the molecule is N#COCC1=CCC(COC#N)=CC=C1. The van der Waals surface area contributed by atoms with Gasteiger partial charge < -0.3 is 9.47 Å². The van der Waals surface area contributed by atoms with E-state index in [1.807, 2.05) is 24.3 Å². The normalized spacial score (nSPS) is 14.0. The van der Waals surface area contributed by atoms with E-state index in [9.17, 15) is 0 Å². The molecule has 0 aliphatic heterocycles. The number of ether oxygens (including phenoxy) is 2. The van der Waals surface area contributed by atoms with Crippen molar-refractivity contribution < 1.29 is 9.47 Å². The lowest BCUT2D eigenvalue weighted by atomic mass is 10.1. The molecule has 1 rings (SSSR count). The molecule has 0 heterocycles. The Morgan fingerprint density at radius 2 is 1.93 bits per heavy atom. The van der Waals surface area contributed by atoms with Crippen molar-refractivity contribution in [1.29, 1.82) is 10.5 Å². The second-order valence-electron chi connectivity index (χ2n) is 2.93. The van der Waals surface area contributed by atoms with Crippen LogP contribution in [0.4, 0.5) is 0 Å². The summed E-state index contributed by atoms with van der Waals surface area (Å²) in [5.41, 5.74) is 1.96. The van der Waals surface area contributed by atoms with Crippen LogP contribution in [0, 0.1) is 23.0 Å². The van der Waals surface area contributed by atoms with Crippen molar-refractivity contribution in [2.75, 3.05) is 13.2 Å². The summed E-state index contributed by atoms with van der Waals surface area (Å²) < 4.78 is 9.26. The monoisotopic (exact) mass is 202 g/mol. The van der Waals surface area contributed by atoms with E-state index < -0.39 is 0 Å². The lowest BCUT2D eigenvalue weighted by Gasteiger charge is -2.00. The zero-order valence-electron chi connectivity index (χ0n) is 8.14. The molecule has 0 aromatic heterocycles. The number of hydrogen-bond acceptors (Lipinski definition) is 4. The summed E-state index contributed by atoms with van der Waals surface area (Å²) >= 11 is 0.